The molecule has 1 aliphatic carbocycles. The van der Waals surface area contributed by atoms with Gasteiger partial charge in [-0.1, -0.05) is 15.1 Å². The van der Waals surface area contributed by atoms with Crippen LogP contribution in [0, 0.1) is 0 Å². The zero-order valence-electron chi connectivity index (χ0n) is 18.1. The third kappa shape index (κ3) is 5.87. The molecule has 1 amide bonds. The highest BCUT2D eigenvalue weighted by Gasteiger charge is 2.51. The molecule has 11 heteroatoms. The fraction of sp³-hybridized carbons (Fsp3) is 0.800. The Morgan fingerprint density at radius 1 is 1.35 bits per heavy atom. The summed E-state index contributed by atoms with van der Waals surface area (Å²) in [5.74, 6) is -0.676. The zero-order chi connectivity index (χ0) is 22.9. The lowest BCUT2D eigenvalue weighted by atomic mass is 10.2. The standard InChI is InChI=1S/C20H31F3N2O5S/c1-18(2,31(3,27)12-6-8-20(21,22)23)17(26)24-15-13-14(25-30-15)19(9-10-19)29-16-7-4-5-11-28-16/h13,16,31H,4-12H2,1-3H3,(H,24,26). The molecule has 1 aliphatic heterocycles. The maximum Gasteiger partial charge on any atom is 0.389 e. The van der Waals surface area contributed by atoms with Crippen LogP contribution in [0.25, 0.3) is 0 Å². The van der Waals surface area contributed by atoms with Gasteiger partial charge in [0.2, 0.25) is 11.8 Å². The molecule has 1 atom stereocenters. The van der Waals surface area contributed by atoms with Gasteiger partial charge in [-0.2, -0.15) is 13.2 Å². The number of thiol groups is 1. The number of rotatable bonds is 9. The van der Waals surface area contributed by atoms with Gasteiger partial charge in [0.1, 0.15) is 11.3 Å². The molecule has 0 spiro atoms. The Morgan fingerprint density at radius 3 is 2.65 bits per heavy atom. The minimum absolute atomic E-state index is 0.0859. The molecule has 3 rings (SSSR count). The van der Waals surface area contributed by atoms with Crippen molar-refractivity contribution in [1.82, 2.24) is 5.16 Å². The SMILES string of the molecule is CC(C)(C(=O)Nc1cc(C2(OC3CCCCO3)CC2)no1)[SH](C)(=O)CCCC(F)(F)F. The Kier molecular flexibility index (Phi) is 6.88. The molecule has 1 aromatic heterocycles. The second-order valence-corrected chi connectivity index (χ2v) is 12.8. The molecule has 7 nitrogen and oxygen atoms in total. The van der Waals surface area contributed by atoms with Crippen LogP contribution >= 0.6 is 0 Å². The fourth-order valence-corrected chi connectivity index (χ4v) is 5.30. The Balaban J connectivity index is 1.60. The maximum atomic E-state index is 13.0. The summed E-state index contributed by atoms with van der Waals surface area (Å²) in [6, 6.07) is 1.58. The molecule has 0 aromatic carbocycles. The van der Waals surface area contributed by atoms with Crippen molar-refractivity contribution in [3.05, 3.63) is 11.8 Å². The number of alkyl halides is 3. The van der Waals surface area contributed by atoms with Gasteiger partial charge in [-0.15, -0.1) is 0 Å². The van der Waals surface area contributed by atoms with E-state index in [0.29, 0.717) is 12.3 Å². The fourth-order valence-electron chi connectivity index (χ4n) is 3.49. The van der Waals surface area contributed by atoms with Crippen molar-refractivity contribution in [3.8, 4) is 0 Å². The topological polar surface area (TPSA) is 90.7 Å². The first-order valence-corrected chi connectivity index (χ1v) is 12.9. The third-order valence-electron chi connectivity index (χ3n) is 6.20. The lowest BCUT2D eigenvalue weighted by Crippen LogP contribution is -2.49. The van der Waals surface area contributed by atoms with Crippen molar-refractivity contribution in [3.63, 3.8) is 0 Å². The van der Waals surface area contributed by atoms with Crippen molar-refractivity contribution < 1.29 is 36.2 Å². The first-order chi connectivity index (χ1) is 14.3. The molecule has 31 heavy (non-hydrogen) atoms. The number of ether oxygens (including phenoxy) is 2. The number of amides is 1. The number of anilines is 1. The molecule has 1 N–H and O–H groups in total. The van der Waals surface area contributed by atoms with E-state index < -0.39 is 38.8 Å². The van der Waals surface area contributed by atoms with E-state index in [0.717, 1.165) is 32.1 Å². The monoisotopic (exact) mass is 468 g/mol. The molecule has 1 saturated heterocycles. The molecule has 1 aromatic rings. The van der Waals surface area contributed by atoms with E-state index in [2.05, 4.69) is 10.5 Å². The van der Waals surface area contributed by atoms with Crippen molar-refractivity contribution >= 4 is 21.7 Å². The van der Waals surface area contributed by atoms with E-state index in [1.807, 2.05) is 0 Å². The number of nitrogens with one attached hydrogen (secondary N) is 1. The number of halogens is 3. The summed E-state index contributed by atoms with van der Waals surface area (Å²) < 4.78 is 65.9. The minimum atomic E-state index is -4.31. The average molecular weight is 469 g/mol. The Labute approximate surface area is 180 Å². The second-order valence-electron chi connectivity index (χ2n) is 9.04. The number of carbonyl (C=O) groups is 1. The largest absolute Gasteiger partial charge is 0.389 e. The Morgan fingerprint density at radius 2 is 2.06 bits per heavy atom. The number of carbonyl (C=O) groups excluding carboxylic acids is 1. The maximum absolute atomic E-state index is 13.0. The van der Waals surface area contributed by atoms with Crippen LogP contribution in [0.4, 0.5) is 19.1 Å². The van der Waals surface area contributed by atoms with Gasteiger partial charge in [-0.25, -0.2) is 0 Å². The summed E-state index contributed by atoms with van der Waals surface area (Å²) in [6.45, 7) is 3.61. The Hall–Kier alpha value is -1.46. The zero-order valence-corrected chi connectivity index (χ0v) is 19.0. The number of nitrogens with zero attached hydrogens (tertiary/aromatic N) is 1. The summed E-state index contributed by atoms with van der Waals surface area (Å²) >= 11 is 0. The number of hydrogen-bond acceptors (Lipinski definition) is 6. The average Bonchev–Trinajstić information content (AvgIpc) is 3.29. The van der Waals surface area contributed by atoms with Crippen molar-refractivity contribution in [2.75, 3.05) is 23.9 Å². The van der Waals surface area contributed by atoms with Gasteiger partial charge in [-0.3, -0.25) is 14.3 Å². The van der Waals surface area contributed by atoms with Gasteiger partial charge in [0.25, 0.3) is 0 Å². The lowest BCUT2D eigenvalue weighted by molar-refractivity contribution is -0.201. The Bertz CT molecular complexity index is 829. The van der Waals surface area contributed by atoms with Crippen molar-refractivity contribution in [2.45, 2.75) is 81.6 Å². The lowest BCUT2D eigenvalue weighted by Gasteiger charge is -2.35. The van der Waals surface area contributed by atoms with E-state index in [9.17, 15) is 22.2 Å². The third-order valence-corrected chi connectivity index (χ3v) is 9.93. The van der Waals surface area contributed by atoms with Gasteiger partial charge in [0.15, 0.2) is 6.29 Å². The van der Waals surface area contributed by atoms with Gasteiger partial charge in [-0.05, 0) is 58.6 Å². The van der Waals surface area contributed by atoms with Gasteiger partial charge >= 0.3 is 6.18 Å². The van der Waals surface area contributed by atoms with Crippen molar-refractivity contribution in [1.29, 1.82) is 0 Å². The summed E-state index contributed by atoms with van der Waals surface area (Å²) in [4.78, 5) is 12.8. The molecule has 0 bridgehead atoms. The normalized spacial score (nSPS) is 22.2. The number of aromatic nitrogens is 1. The van der Waals surface area contributed by atoms with E-state index in [-0.39, 0.29) is 24.3 Å². The molecular formula is C20H31F3N2O5S. The second kappa shape index (κ2) is 8.82. The molecule has 0 radical (unpaired) electrons. The molecule has 1 saturated carbocycles. The van der Waals surface area contributed by atoms with Crippen LogP contribution in [-0.4, -0.2) is 51.1 Å². The van der Waals surface area contributed by atoms with Crippen LogP contribution < -0.4 is 5.32 Å². The molecule has 1 unspecified atom stereocenters. The predicted octanol–water partition coefficient (Wildman–Crippen LogP) is 3.91. The summed E-state index contributed by atoms with van der Waals surface area (Å²) in [6.07, 6.45) is -0.146. The molecule has 2 heterocycles. The minimum Gasteiger partial charge on any atom is -0.353 e. The highest BCUT2D eigenvalue weighted by atomic mass is 32.2. The highest BCUT2D eigenvalue weighted by molar-refractivity contribution is 8.04. The van der Waals surface area contributed by atoms with Gasteiger partial charge in [0.05, 0.1) is 4.75 Å². The quantitative estimate of drug-likeness (QED) is 0.534. The summed E-state index contributed by atoms with van der Waals surface area (Å²) in [7, 11) is -3.23. The molecule has 178 valence electrons. The summed E-state index contributed by atoms with van der Waals surface area (Å²) in [5, 5.41) is 6.59. The predicted molar refractivity (Wildman–Crippen MR) is 110 cm³/mol. The van der Waals surface area contributed by atoms with Crippen LogP contribution in [0.1, 0.15) is 64.5 Å². The molecule has 2 fully saturated rings. The van der Waals surface area contributed by atoms with E-state index in [4.69, 9.17) is 14.0 Å². The smallest absolute Gasteiger partial charge is 0.353 e. The van der Waals surface area contributed by atoms with Gasteiger partial charge < -0.3 is 14.0 Å². The van der Waals surface area contributed by atoms with Crippen LogP contribution in [0.15, 0.2) is 10.6 Å². The first-order valence-electron chi connectivity index (χ1n) is 10.6. The van der Waals surface area contributed by atoms with E-state index >= 15 is 0 Å². The van der Waals surface area contributed by atoms with Gasteiger partial charge in [0, 0.05) is 24.8 Å². The molecule has 2 aliphatic rings. The highest BCUT2D eigenvalue weighted by Crippen LogP contribution is 2.50. The van der Waals surface area contributed by atoms with Crippen LogP contribution in [0.2, 0.25) is 0 Å². The number of hydrogen-bond donors (Lipinski definition) is 2. The van der Waals surface area contributed by atoms with E-state index in [1.165, 1.54) is 20.1 Å². The van der Waals surface area contributed by atoms with Crippen LogP contribution in [-0.2, 0) is 29.8 Å². The van der Waals surface area contributed by atoms with Crippen molar-refractivity contribution in [2.24, 2.45) is 0 Å². The first kappa shape index (κ1) is 24.2. The van der Waals surface area contributed by atoms with Crippen LogP contribution in [0.5, 0.6) is 0 Å². The molecular weight excluding hydrogens is 437 g/mol. The van der Waals surface area contributed by atoms with E-state index in [1.54, 1.807) is 6.07 Å². The van der Waals surface area contributed by atoms with Crippen LogP contribution in [0.3, 0.4) is 0 Å². The summed E-state index contributed by atoms with van der Waals surface area (Å²) in [5.41, 5.74) is -0.0265.